The van der Waals surface area contributed by atoms with Crippen LogP contribution in [0.4, 0.5) is 0 Å². The van der Waals surface area contributed by atoms with Crippen LogP contribution in [0, 0.1) is 0 Å². The topological polar surface area (TPSA) is 46.7 Å². The summed E-state index contributed by atoms with van der Waals surface area (Å²) in [6.45, 7) is 6.00. The van der Waals surface area contributed by atoms with Gasteiger partial charge in [0.25, 0.3) is 0 Å². The summed E-state index contributed by atoms with van der Waals surface area (Å²) >= 11 is 0. The summed E-state index contributed by atoms with van der Waals surface area (Å²) in [5.41, 5.74) is 0. The molecule has 1 rings (SSSR count). The minimum atomic E-state index is 0. The number of hydrogen-bond acceptors (Lipinski definition) is 2. The SMILES string of the molecule is C1COCC[N-]CCOCC[N-]1.[64Cu+2]. The molecule has 1 aliphatic heterocycles. The molecule has 0 amide bonds. The van der Waals surface area contributed by atoms with Crippen LogP contribution >= 0.6 is 0 Å². The summed E-state index contributed by atoms with van der Waals surface area (Å²) < 4.78 is 10.6. The van der Waals surface area contributed by atoms with Crippen LogP contribution in [-0.4, -0.2) is 52.6 Å². The van der Waals surface area contributed by atoms with Crippen molar-refractivity contribution in [3.05, 3.63) is 10.6 Å². The summed E-state index contributed by atoms with van der Waals surface area (Å²) in [4.78, 5) is 0. The van der Waals surface area contributed by atoms with Gasteiger partial charge in [0.05, 0.1) is 0 Å². The monoisotopic (exact) mass is 236 g/mol. The third kappa shape index (κ3) is 8.68. The fourth-order valence-corrected chi connectivity index (χ4v) is 0.944. The van der Waals surface area contributed by atoms with E-state index in [0.29, 0.717) is 0 Å². The predicted molar refractivity (Wildman–Crippen MR) is 47.8 cm³/mol. The molecule has 0 aromatic heterocycles. The molecule has 0 aromatic carbocycles. The van der Waals surface area contributed by atoms with Crippen molar-refractivity contribution in [1.82, 2.24) is 0 Å². The van der Waals surface area contributed by atoms with Gasteiger partial charge in [-0.15, -0.1) is 26.2 Å². The van der Waals surface area contributed by atoms with Crippen molar-refractivity contribution < 1.29 is 26.5 Å². The maximum atomic E-state index is 5.28. The fourth-order valence-electron chi connectivity index (χ4n) is 0.944. The molecule has 4 nitrogen and oxygen atoms in total. The Hall–Kier alpha value is 0.359. The Labute approximate surface area is 90.2 Å². The molecule has 0 aromatic rings. The molecule has 13 heavy (non-hydrogen) atoms. The summed E-state index contributed by atoms with van der Waals surface area (Å²) in [5.74, 6) is 0. The Kier molecular flexibility index (Phi) is 10.7. The minimum Gasteiger partial charge on any atom is -0.659 e. The Bertz CT molecular complexity index is 63.1. The van der Waals surface area contributed by atoms with Gasteiger partial charge in [0.15, 0.2) is 0 Å². The van der Waals surface area contributed by atoms with Gasteiger partial charge in [0, 0.05) is 26.4 Å². The van der Waals surface area contributed by atoms with E-state index < -0.39 is 0 Å². The van der Waals surface area contributed by atoms with E-state index >= 15 is 0 Å². The minimum absolute atomic E-state index is 0. The van der Waals surface area contributed by atoms with Crippen LogP contribution in [0.15, 0.2) is 0 Å². The predicted octanol–water partition coefficient (Wildman–Crippen LogP) is 0.778. The number of rotatable bonds is 0. The van der Waals surface area contributed by atoms with E-state index in [-0.39, 0.29) is 17.1 Å². The van der Waals surface area contributed by atoms with Crippen LogP contribution < -0.4 is 0 Å². The Morgan fingerprint density at radius 2 is 0.923 bits per heavy atom. The first-order chi connectivity index (χ1) is 6.00. The Morgan fingerprint density at radius 1 is 0.615 bits per heavy atom. The van der Waals surface area contributed by atoms with Crippen molar-refractivity contribution in [2.45, 2.75) is 0 Å². The number of nitrogens with zero attached hydrogens (tertiary/aromatic N) is 2. The average molecular weight is 236 g/mol. The fraction of sp³-hybridized carbons (Fsp3) is 1.00. The quantitative estimate of drug-likeness (QED) is 0.583. The van der Waals surface area contributed by atoms with E-state index in [1.807, 2.05) is 0 Å². The number of ether oxygens (including phenoxy) is 2. The molecule has 0 atom stereocenters. The van der Waals surface area contributed by atoms with Crippen LogP contribution in [-0.2, 0) is 26.5 Å². The molecular formula is C8H16CuN2O2. The Morgan fingerprint density at radius 3 is 1.23 bits per heavy atom. The molecule has 1 radical (unpaired) electrons. The molecule has 0 bridgehead atoms. The second-order valence-corrected chi connectivity index (χ2v) is 2.57. The molecule has 5 heteroatoms. The summed E-state index contributed by atoms with van der Waals surface area (Å²) in [5, 5.41) is 8.45. The molecule has 1 heterocycles. The first-order valence-corrected chi connectivity index (χ1v) is 4.42. The van der Waals surface area contributed by atoms with E-state index in [9.17, 15) is 0 Å². The van der Waals surface area contributed by atoms with Gasteiger partial charge in [0.2, 0.25) is 0 Å². The van der Waals surface area contributed by atoms with E-state index in [1.54, 1.807) is 0 Å². The third-order valence-electron chi connectivity index (χ3n) is 1.57. The molecule has 0 aliphatic carbocycles. The molecule has 0 saturated carbocycles. The van der Waals surface area contributed by atoms with Crippen molar-refractivity contribution in [3.8, 4) is 0 Å². The van der Waals surface area contributed by atoms with Gasteiger partial charge in [-0.25, -0.2) is 0 Å². The zero-order valence-corrected chi connectivity index (χ0v) is 8.61. The second-order valence-electron chi connectivity index (χ2n) is 2.57. The van der Waals surface area contributed by atoms with Crippen LogP contribution in [0.2, 0.25) is 0 Å². The van der Waals surface area contributed by atoms with Crippen LogP contribution in [0.25, 0.3) is 10.6 Å². The van der Waals surface area contributed by atoms with E-state index in [1.165, 1.54) is 0 Å². The van der Waals surface area contributed by atoms with Gasteiger partial charge in [-0.3, -0.25) is 0 Å². The molecule has 0 N–H and O–H groups in total. The van der Waals surface area contributed by atoms with Crippen LogP contribution in [0.1, 0.15) is 0 Å². The molecule has 1 fully saturated rings. The van der Waals surface area contributed by atoms with Gasteiger partial charge in [0.1, 0.15) is 0 Å². The van der Waals surface area contributed by atoms with Crippen molar-refractivity contribution in [1.29, 1.82) is 0 Å². The third-order valence-corrected chi connectivity index (χ3v) is 1.57. The molecule has 0 spiro atoms. The maximum Gasteiger partial charge on any atom is 2.00 e. The van der Waals surface area contributed by atoms with Crippen molar-refractivity contribution >= 4 is 0 Å². The smallest absolute Gasteiger partial charge is 0.659 e. The zero-order valence-electron chi connectivity index (χ0n) is 7.67. The van der Waals surface area contributed by atoms with Crippen molar-refractivity contribution in [2.24, 2.45) is 0 Å². The average Bonchev–Trinajstić information content (AvgIpc) is 2.05. The summed E-state index contributed by atoms with van der Waals surface area (Å²) in [7, 11) is 0. The summed E-state index contributed by atoms with van der Waals surface area (Å²) in [6, 6.07) is 0. The zero-order chi connectivity index (χ0) is 8.49. The first kappa shape index (κ1) is 13.4. The van der Waals surface area contributed by atoms with Gasteiger partial charge in [-0.1, -0.05) is 0 Å². The van der Waals surface area contributed by atoms with E-state index in [0.717, 1.165) is 52.6 Å². The standard InChI is InChI=1S/C8H16N2O2.Cu/c1-5-11-7-3-10-4-8-12-6-2-9-1;/h1-8H2;/q-2;+2/i;1+0. The van der Waals surface area contributed by atoms with Gasteiger partial charge in [-0.2, -0.15) is 0 Å². The van der Waals surface area contributed by atoms with Crippen LogP contribution in [0.3, 0.4) is 0 Å². The van der Waals surface area contributed by atoms with E-state index in [4.69, 9.17) is 9.47 Å². The summed E-state index contributed by atoms with van der Waals surface area (Å²) in [6.07, 6.45) is 0. The normalized spacial score (nSPS) is 22.2. The molecule has 0 unspecified atom stereocenters. The second kappa shape index (κ2) is 10.4. The Balaban J connectivity index is 0.00000144. The molecule has 81 valence electrons. The molecule has 1 saturated heterocycles. The van der Waals surface area contributed by atoms with Crippen LogP contribution in [0.5, 0.6) is 0 Å². The van der Waals surface area contributed by atoms with Gasteiger partial charge in [-0.05, 0) is 0 Å². The van der Waals surface area contributed by atoms with E-state index in [2.05, 4.69) is 10.6 Å². The largest absolute Gasteiger partial charge is 2.00 e. The first-order valence-electron chi connectivity index (χ1n) is 4.42. The van der Waals surface area contributed by atoms with Crippen molar-refractivity contribution in [2.75, 3.05) is 52.6 Å². The molecular weight excluding hydrogens is 220 g/mol. The molecule has 1 aliphatic rings. The van der Waals surface area contributed by atoms with Crippen molar-refractivity contribution in [3.63, 3.8) is 0 Å². The number of hydrogen-bond donors (Lipinski definition) is 0. The van der Waals surface area contributed by atoms with Gasteiger partial charge >= 0.3 is 17.1 Å². The van der Waals surface area contributed by atoms with Gasteiger partial charge < -0.3 is 20.1 Å². The maximum absolute atomic E-state index is 5.28.